The molecule has 0 heterocycles. The van der Waals surface area contributed by atoms with Gasteiger partial charge in [0, 0.05) is 29.1 Å². The van der Waals surface area contributed by atoms with E-state index in [4.69, 9.17) is 11.5 Å². The van der Waals surface area contributed by atoms with Gasteiger partial charge in [-0.15, -0.1) is 0 Å². The molecule has 0 spiro atoms. The Morgan fingerprint density at radius 1 is 0.373 bits per heavy atom. The van der Waals surface area contributed by atoms with Crippen LogP contribution in [0.3, 0.4) is 0 Å². The largest absolute Gasteiger partial charge is 0.399 e. The predicted molar refractivity (Wildman–Crippen MR) is 225 cm³/mol. The molecule has 0 aliphatic heterocycles. The lowest BCUT2D eigenvalue weighted by molar-refractivity contribution is 0.567. The molecule has 0 aliphatic carbocycles. The van der Waals surface area contributed by atoms with E-state index in [1.807, 2.05) is 0 Å². The third-order valence-corrected chi connectivity index (χ3v) is 11.4. The molecular formula is C49H70N2. The fourth-order valence-electron chi connectivity index (χ4n) is 8.31. The molecule has 0 saturated carbocycles. The van der Waals surface area contributed by atoms with Crippen LogP contribution >= 0.6 is 0 Å². The van der Waals surface area contributed by atoms with E-state index in [9.17, 15) is 0 Å². The van der Waals surface area contributed by atoms with Gasteiger partial charge in [0.1, 0.15) is 0 Å². The highest BCUT2D eigenvalue weighted by Crippen LogP contribution is 2.38. The molecule has 0 amide bonds. The van der Waals surface area contributed by atoms with Crippen LogP contribution in [0.15, 0.2) is 84.9 Å². The minimum absolute atomic E-state index is 0.402. The summed E-state index contributed by atoms with van der Waals surface area (Å²) in [7, 11) is 0. The smallest absolute Gasteiger partial charge is 0.0316 e. The molecular weight excluding hydrogens is 617 g/mol. The number of hydrogen-bond donors (Lipinski definition) is 2. The summed E-state index contributed by atoms with van der Waals surface area (Å²) in [5.41, 5.74) is 25.3. The lowest BCUT2D eigenvalue weighted by atomic mass is 9.81. The summed E-state index contributed by atoms with van der Waals surface area (Å²) in [6.45, 7) is 11.3. The number of unbranched alkanes of at least 4 members (excludes halogenated alkanes) is 11. The van der Waals surface area contributed by atoms with Crippen molar-refractivity contribution in [2.75, 3.05) is 11.5 Å². The molecule has 2 unspecified atom stereocenters. The first-order chi connectivity index (χ1) is 24.9. The molecule has 4 N–H and O–H groups in total. The highest BCUT2D eigenvalue weighted by Gasteiger charge is 2.21. The van der Waals surface area contributed by atoms with Gasteiger partial charge in [-0.25, -0.2) is 0 Å². The molecule has 2 nitrogen and oxygen atoms in total. The second kappa shape index (κ2) is 21.8. The zero-order valence-electron chi connectivity index (χ0n) is 33.0. The lowest BCUT2D eigenvalue weighted by Crippen LogP contribution is -2.07. The molecule has 2 atom stereocenters. The van der Waals surface area contributed by atoms with Gasteiger partial charge in [-0.3, -0.25) is 0 Å². The van der Waals surface area contributed by atoms with Gasteiger partial charge < -0.3 is 11.5 Å². The number of rotatable bonds is 23. The second-order valence-electron chi connectivity index (χ2n) is 15.5. The Morgan fingerprint density at radius 2 is 0.667 bits per heavy atom. The molecule has 0 aliphatic rings. The van der Waals surface area contributed by atoms with Crippen LogP contribution in [0.2, 0.25) is 0 Å². The van der Waals surface area contributed by atoms with Crippen LogP contribution < -0.4 is 11.5 Å². The Bertz CT molecular complexity index is 1440. The highest BCUT2D eigenvalue weighted by atomic mass is 14.5. The first kappa shape index (κ1) is 40.3. The Hall–Kier alpha value is -3.52. The van der Waals surface area contributed by atoms with Crippen LogP contribution in [0, 0.1) is 13.8 Å². The summed E-state index contributed by atoms with van der Waals surface area (Å²) < 4.78 is 0. The van der Waals surface area contributed by atoms with Crippen LogP contribution in [0.4, 0.5) is 11.4 Å². The maximum Gasteiger partial charge on any atom is 0.0316 e. The normalized spacial score (nSPS) is 13.3. The molecule has 2 heteroatoms. The van der Waals surface area contributed by atoms with Crippen molar-refractivity contribution < 1.29 is 0 Å². The van der Waals surface area contributed by atoms with Crippen molar-refractivity contribution in [2.45, 2.75) is 162 Å². The van der Waals surface area contributed by atoms with Crippen molar-refractivity contribution in [1.29, 1.82) is 0 Å². The van der Waals surface area contributed by atoms with Gasteiger partial charge in [-0.2, -0.15) is 0 Å². The molecule has 0 radical (unpaired) electrons. The topological polar surface area (TPSA) is 52.0 Å². The Balaban J connectivity index is 1.62. The molecule has 276 valence electrons. The summed E-state index contributed by atoms with van der Waals surface area (Å²) in [4.78, 5) is 0. The first-order valence-electron chi connectivity index (χ1n) is 20.8. The molecule has 0 aromatic heterocycles. The van der Waals surface area contributed by atoms with Gasteiger partial charge in [-0.05, 0) is 102 Å². The number of benzene rings is 4. The van der Waals surface area contributed by atoms with Gasteiger partial charge in [0.05, 0.1) is 0 Å². The Kier molecular flexibility index (Phi) is 17.2. The van der Waals surface area contributed by atoms with Crippen molar-refractivity contribution in [3.8, 4) is 0 Å². The molecule has 4 rings (SSSR count). The van der Waals surface area contributed by atoms with Crippen LogP contribution in [-0.2, 0) is 0 Å². The Morgan fingerprint density at radius 3 is 1.02 bits per heavy atom. The van der Waals surface area contributed by atoms with Crippen LogP contribution in [0.1, 0.15) is 192 Å². The van der Waals surface area contributed by atoms with E-state index < -0.39 is 0 Å². The van der Waals surface area contributed by atoms with Gasteiger partial charge >= 0.3 is 0 Å². The van der Waals surface area contributed by atoms with E-state index in [0.717, 1.165) is 11.4 Å². The van der Waals surface area contributed by atoms with E-state index >= 15 is 0 Å². The van der Waals surface area contributed by atoms with E-state index in [1.54, 1.807) is 0 Å². The van der Waals surface area contributed by atoms with E-state index in [2.05, 4.69) is 120 Å². The zero-order valence-corrected chi connectivity index (χ0v) is 33.0. The third kappa shape index (κ3) is 12.3. The molecule has 4 aromatic rings. The summed E-state index contributed by atoms with van der Waals surface area (Å²) in [6.07, 6.45) is 21.8. The van der Waals surface area contributed by atoms with E-state index in [1.165, 1.54) is 154 Å². The van der Waals surface area contributed by atoms with Gasteiger partial charge in [-0.1, -0.05) is 171 Å². The number of anilines is 2. The predicted octanol–water partition coefficient (Wildman–Crippen LogP) is 14.6. The van der Waals surface area contributed by atoms with Crippen LogP contribution in [-0.4, -0.2) is 0 Å². The molecule has 4 aromatic carbocycles. The van der Waals surface area contributed by atoms with E-state index in [0.29, 0.717) is 17.8 Å². The van der Waals surface area contributed by atoms with Crippen molar-refractivity contribution in [3.05, 3.63) is 129 Å². The van der Waals surface area contributed by atoms with Crippen molar-refractivity contribution in [2.24, 2.45) is 0 Å². The van der Waals surface area contributed by atoms with Crippen molar-refractivity contribution >= 4 is 11.4 Å². The van der Waals surface area contributed by atoms with Gasteiger partial charge in [0.2, 0.25) is 0 Å². The van der Waals surface area contributed by atoms with Crippen LogP contribution in [0.5, 0.6) is 0 Å². The first-order valence-corrected chi connectivity index (χ1v) is 20.8. The Labute approximate surface area is 312 Å². The number of nitrogen functional groups attached to an aromatic ring is 2. The van der Waals surface area contributed by atoms with E-state index in [-0.39, 0.29) is 0 Å². The average Bonchev–Trinajstić information content (AvgIpc) is 3.13. The van der Waals surface area contributed by atoms with Crippen molar-refractivity contribution in [1.82, 2.24) is 0 Å². The minimum atomic E-state index is 0.402. The molecule has 0 bridgehead atoms. The second-order valence-corrected chi connectivity index (χ2v) is 15.5. The number of nitrogens with two attached hydrogens (primary N) is 2. The molecule has 0 fully saturated rings. The zero-order chi connectivity index (χ0) is 36.4. The maximum absolute atomic E-state index is 6.18. The fourth-order valence-corrected chi connectivity index (χ4v) is 8.31. The summed E-state index contributed by atoms with van der Waals surface area (Å²) >= 11 is 0. The SMILES string of the molecule is CCCCCCCCC(c1ccc(C(CCCCCC)c2ccc(N)cc2C)cc1)c1ccc(C(CCCCCC)c2ccc(N)cc2C)cc1. The molecule has 51 heavy (non-hydrogen) atoms. The third-order valence-electron chi connectivity index (χ3n) is 11.4. The summed E-state index contributed by atoms with van der Waals surface area (Å²) in [5, 5.41) is 0. The maximum atomic E-state index is 6.18. The summed E-state index contributed by atoms with van der Waals surface area (Å²) in [6, 6.07) is 32.6. The van der Waals surface area contributed by atoms with Gasteiger partial charge in [0.15, 0.2) is 0 Å². The standard InChI is InChI=1S/C49H70N2/c1-6-9-12-15-16-19-20-47(39-23-27-41(28-24-39)48(21-17-13-10-7-2)45-33-31-43(50)35-37(45)4)40-25-29-42(30-26-40)49(22-18-14-11-8-3)46-34-32-44(51)36-38(46)5/h23-36,47-49H,6-22,50-51H2,1-5H3. The van der Waals surface area contributed by atoms with Crippen molar-refractivity contribution in [3.63, 3.8) is 0 Å². The number of aryl methyl sites for hydroxylation is 2. The van der Waals surface area contributed by atoms with Crippen LogP contribution in [0.25, 0.3) is 0 Å². The molecule has 0 saturated heterocycles. The highest BCUT2D eigenvalue weighted by molar-refractivity contribution is 5.50. The van der Waals surface area contributed by atoms with Gasteiger partial charge in [0.25, 0.3) is 0 Å². The number of hydrogen-bond acceptors (Lipinski definition) is 2. The average molecular weight is 687 g/mol. The fraction of sp³-hybridized carbons (Fsp3) is 0.510. The summed E-state index contributed by atoms with van der Waals surface area (Å²) in [5.74, 6) is 1.21. The lowest BCUT2D eigenvalue weighted by Gasteiger charge is -2.24. The quantitative estimate of drug-likeness (QED) is 0.0603. The minimum Gasteiger partial charge on any atom is -0.399 e. The monoisotopic (exact) mass is 687 g/mol.